The number of nitrogens with one attached hydrogen (secondary N) is 2. The van der Waals surface area contributed by atoms with E-state index in [1.165, 1.54) is 12.5 Å². The van der Waals surface area contributed by atoms with Crippen LogP contribution in [0, 0.1) is 0 Å². The summed E-state index contributed by atoms with van der Waals surface area (Å²) < 4.78 is 4.98. The predicted molar refractivity (Wildman–Crippen MR) is 61.4 cm³/mol. The molecule has 1 aliphatic heterocycles. The second-order valence-electron chi connectivity index (χ2n) is 3.87. The van der Waals surface area contributed by atoms with E-state index in [1.807, 2.05) is 24.3 Å². The molecule has 4 heteroatoms. The topological polar surface area (TPSA) is 50.4 Å². The third-order valence-corrected chi connectivity index (χ3v) is 2.59. The zero-order valence-corrected chi connectivity index (χ0v) is 9.32. The fourth-order valence-corrected chi connectivity index (χ4v) is 1.82. The highest BCUT2D eigenvalue weighted by molar-refractivity contribution is 5.69. The van der Waals surface area contributed by atoms with E-state index < -0.39 is 0 Å². The van der Waals surface area contributed by atoms with Crippen LogP contribution in [0.4, 0.5) is 0 Å². The Morgan fingerprint density at radius 2 is 2.06 bits per heavy atom. The maximum atomic E-state index is 10.8. The van der Waals surface area contributed by atoms with Crippen molar-refractivity contribution in [1.29, 1.82) is 0 Å². The second-order valence-corrected chi connectivity index (χ2v) is 3.87. The van der Waals surface area contributed by atoms with Crippen LogP contribution < -0.4 is 15.4 Å². The van der Waals surface area contributed by atoms with Crippen LogP contribution in [0.25, 0.3) is 0 Å². The quantitative estimate of drug-likeness (QED) is 0.573. The highest BCUT2D eigenvalue weighted by Crippen LogP contribution is 2.18. The lowest BCUT2D eigenvalue weighted by molar-refractivity contribution is -0.131. The van der Waals surface area contributed by atoms with Gasteiger partial charge in [-0.25, -0.2) is 0 Å². The average molecular weight is 220 g/mol. The largest absolute Gasteiger partial charge is 0.427 e. The van der Waals surface area contributed by atoms with Crippen molar-refractivity contribution in [2.24, 2.45) is 0 Å². The fraction of sp³-hybridized carbons (Fsp3) is 0.417. The van der Waals surface area contributed by atoms with Gasteiger partial charge in [-0.2, -0.15) is 0 Å². The van der Waals surface area contributed by atoms with Crippen molar-refractivity contribution in [2.45, 2.75) is 13.0 Å². The number of piperazine rings is 1. The van der Waals surface area contributed by atoms with Crippen LogP contribution in [0.15, 0.2) is 24.3 Å². The number of ether oxygens (including phenoxy) is 1. The van der Waals surface area contributed by atoms with Crippen LogP contribution in [0.1, 0.15) is 18.5 Å². The molecule has 1 saturated heterocycles. The van der Waals surface area contributed by atoms with Crippen LogP contribution in [-0.4, -0.2) is 25.6 Å². The molecule has 1 fully saturated rings. The van der Waals surface area contributed by atoms with Crippen molar-refractivity contribution < 1.29 is 9.53 Å². The van der Waals surface area contributed by atoms with Crippen LogP contribution in [0.5, 0.6) is 5.75 Å². The number of esters is 1. The molecule has 0 aliphatic carbocycles. The van der Waals surface area contributed by atoms with Crippen molar-refractivity contribution in [2.75, 3.05) is 19.6 Å². The van der Waals surface area contributed by atoms with Gasteiger partial charge in [0.2, 0.25) is 0 Å². The SMILES string of the molecule is CC(=O)Oc1ccc(C2CNCCN2)cc1. The van der Waals surface area contributed by atoms with E-state index in [4.69, 9.17) is 4.74 Å². The molecule has 0 saturated carbocycles. The van der Waals surface area contributed by atoms with Gasteiger partial charge in [0, 0.05) is 32.6 Å². The summed E-state index contributed by atoms with van der Waals surface area (Å²) in [5, 5.41) is 6.76. The molecule has 0 aromatic heterocycles. The zero-order chi connectivity index (χ0) is 11.4. The highest BCUT2D eigenvalue weighted by atomic mass is 16.5. The van der Waals surface area contributed by atoms with Gasteiger partial charge in [0.1, 0.15) is 5.75 Å². The Bertz CT molecular complexity index is 356. The van der Waals surface area contributed by atoms with Crippen LogP contribution in [0.2, 0.25) is 0 Å². The van der Waals surface area contributed by atoms with Crippen LogP contribution in [-0.2, 0) is 4.79 Å². The Morgan fingerprint density at radius 3 is 2.62 bits per heavy atom. The molecule has 1 heterocycles. The van der Waals surface area contributed by atoms with E-state index in [-0.39, 0.29) is 5.97 Å². The summed E-state index contributed by atoms with van der Waals surface area (Å²) in [6, 6.07) is 7.98. The molecular formula is C12H16N2O2. The summed E-state index contributed by atoms with van der Waals surface area (Å²) >= 11 is 0. The summed E-state index contributed by atoms with van der Waals surface area (Å²) in [7, 11) is 0. The minimum Gasteiger partial charge on any atom is -0.427 e. The van der Waals surface area contributed by atoms with Crippen LogP contribution in [0.3, 0.4) is 0 Å². The van der Waals surface area contributed by atoms with Gasteiger partial charge in [-0.15, -0.1) is 0 Å². The first-order chi connectivity index (χ1) is 7.75. The number of hydrogen-bond acceptors (Lipinski definition) is 4. The van der Waals surface area contributed by atoms with Gasteiger partial charge >= 0.3 is 5.97 Å². The van der Waals surface area contributed by atoms with E-state index in [2.05, 4.69) is 10.6 Å². The molecule has 0 bridgehead atoms. The minimum atomic E-state index is -0.287. The van der Waals surface area contributed by atoms with Crippen LogP contribution >= 0.6 is 0 Å². The van der Waals surface area contributed by atoms with Gasteiger partial charge < -0.3 is 15.4 Å². The second kappa shape index (κ2) is 5.09. The Morgan fingerprint density at radius 1 is 1.31 bits per heavy atom. The fourth-order valence-electron chi connectivity index (χ4n) is 1.82. The van der Waals surface area contributed by atoms with Gasteiger partial charge in [-0.3, -0.25) is 4.79 Å². The van der Waals surface area contributed by atoms with Crippen molar-refractivity contribution in [1.82, 2.24) is 10.6 Å². The van der Waals surface area contributed by atoms with Crippen molar-refractivity contribution >= 4 is 5.97 Å². The van der Waals surface area contributed by atoms with Crippen molar-refractivity contribution in [3.63, 3.8) is 0 Å². The highest BCUT2D eigenvalue weighted by Gasteiger charge is 2.13. The molecule has 1 aliphatic rings. The van der Waals surface area contributed by atoms with Gasteiger partial charge in [0.05, 0.1) is 0 Å². The summed E-state index contributed by atoms with van der Waals surface area (Å²) in [6.45, 7) is 4.34. The lowest BCUT2D eigenvalue weighted by Crippen LogP contribution is -2.42. The first-order valence-corrected chi connectivity index (χ1v) is 5.48. The first kappa shape index (κ1) is 11.1. The number of carbonyl (C=O) groups is 1. The lowest BCUT2D eigenvalue weighted by atomic mass is 10.1. The van der Waals surface area contributed by atoms with E-state index >= 15 is 0 Å². The Labute approximate surface area is 95.0 Å². The Balaban J connectivity index is 2.03. The molecule has 1 unspecified atom stereocenters. The molecule has 1 aromatic rings. The molecule has 0 radical (unpaired) electrons. The molecule has 4 nitrogen and oxygen atoms in total. The van der Waals surface area contributed by atoms with Gasteiger partial charge in [-0.1, -0.05) is 12.1 Å². The maximum Gasteiger partial charge on any atom is 0.308 e. The molecule has 0 amide bonds. The zero-order valence-electron chi connectivity index (χ0n) is 9.32. The van der Waals surface area contributed by atoms with E-state index in [1.54, 1.807) is 0 Å². The maximum absolute atomic E-state index is 10.8. The number of rotatable bonds is 2. The van der Waals surface area contributed by atoms with Crippen molar-refractivity contribution in [3.05, 3.63) is 29.8 Å². The normalized spacial score (nSPS) is 20.4. The minimum absolute atomic E-state index is 0.287. The molecule has 2 rings (SSSR count). The number of carbonyl (C=O) groups excluding carboxylic acids is 1. The number of benzene rings is 1. The summed E-state index contributed by atoms with van der Waals surface area (Å²) in [5.74, 6) is 0.310. The molecule has 1 aromatic carbocycles. The standard InChI is InChI=1S/C12H16N2O2/c1-9(15)16-11-4-2-10(3-5-11)12-8-13-6-7-14-12/h2-5,12-14H,6-8H2,1H3. The predicted octanol–water partition coefficient (Wildman–Crippen LogP) is 0.846. The van der Waals surface area contributed by atoms with Gasteiger partial charge in [0.25, 0.3) is 0 Å². The smallest absolute Gasteiger partial charge is 0.308 e. The summed E-state index contributed by atoms with van der Waals surface area (Å²) in [6.07, 6.45) is 0. The lowest BCUT2D eigenvalue weighted by Gasteiger charge is -2.24. The Kier molecular flexibility index (Phi) is 3.54. The van der Waals surface area contributed by atoms with Gasteiger partial charge in [0.15, 0.2) is 0 Å². The molecule has 2 N–H and O–H groups in total. The Hall–Kier alpha value is -1.39. The summed E-state index contributed by atoms with van der Waals surface area (Å²) in [5.41, 5.74) is 1.21. The molecule has 16 heavy (non-hydrogen) atoms. The van der Waals surface area contributed by atoms with E-state index in [9.17, 15) is 4.79 Å². The molecule has 86 valence electrons. The third kappa shape index (κ3) is 2.81. The first-order valence-electron chi connectivity index (χ1n) is 5.48. The van der Waals surface area contributed by atoms with E-state index in [0.717, 1.165) is 19.6 Å². The molecule has 0 spiro atoms. The molecule has 1 atom stereocenters. The monoisotopic (exact) mass is 220 g/mol. The average Bonchev–Trinajstić information content (AvgIpc) is 2.30. The van der Waals surface area contributed by atoms with Crippen molar-refractivity contribution in [3.8, 4) is 5.75 Å². The van der Waals surface area contributed by atoms with Gasteiger partial charge in [-0.05, 0) is 17.7 Å². The third-order valence-electron chi connectivity index (χ3n) is 2.59. The summed E-state index contributed by atoms with van der Waals surface area (Å²) in [4.78, 5) is 10.8. The molecular weight excluding hydrogens is 204 g/mol. The number of hydrogen-bond donors (Lipinski definition) is 2. The van der Waals surface area contributed by atoms with E-state index in [0.29, 0.717) is 11.8 Å².